The summed E-state index contributed by atoms with van der Waals surface area (Å²) in [6.07, 6.45) is 0. The molecule has 0 spiro atoms. The van der Waals surface area contributed by atoms with E-state index in [-0.39, 0.29) is 16.8 Å². The fourth-order valence-corrected chi connectivity index (χ4v) is 5.28. The summed E-state index contributed by atoms with van der Waals surface area (Å²) in [5, 5.41) is 8.46. The van der Waals surface area contributed by atoms with Crippen molar-refractivity contribution >= 4 is 27.8 Å². The summed E-state index contributed by atoms with van der Waals surface area (Å²) in [5.41, 5.74) is 1.98. The van der Waals surface area contributed by atoms with Gasteiger partial charge in [-0.3, -0.25) is 0 Å². The number of methoxy groups -OCH3 is 1. The number of nitrogens with zero attached hydrogens (tertiary/aromatic N) is 3. The number of esters is 1. The molecule has 32 heavy (non-hydrogen) atoms. The molecule has 1 aromatic heterocycles. The standard InChI is InChI=1S/C21H21N3O6S2/c1-28-20(25)16-7-5-15(6-8-16)14-31-21-23-22-19(30-21)17-3-2-4-18(13-17)32(26,27)24-9-11-29-12-10-24/h2-8,13H,9-12,14H2,1H3. The van der Waals surface area contributed by atoms with Crippen molar-refractivity contribution in [3.05, 3.63) is 59.7 Å². The van der Waals surface area contributed by atoms with Gasteiger partial charge in [0.15, 0.2) is 0 Å². The third-order valence-corrected chi connectivity index (χ3v) is 7.62. The predicted molar refractivity (Wildman–Crippen MR) is 117 cm³/mol. The van der Waals surface area contributed by atoms with Crippen LogP contribution in [0.2, 0.25) is 0 Å². The largest absolute Gasteiger partial charge is 0.465 e. The van der Waals surface area contributed by atoms with Gasteiger partial charge in [-0.2, -0.15) is 4.31 Å². The van der Waals surface area contributed by atoms with Crippen LogP contribution in [0.15, 0.2) is 63.1 Å². The van der Waals surface area contributed by atoms with Gasteiger partial charge in [-0.1, -0.05) is 30.0 Å². The number of rotatable bonds is 7. The highest BCUT2D eigenvalue weighted by Gasteiger charge is 2.27. The van der Waals surface area contributed by atoms with E-state index in [4.69, 9.17) is 13.9 Å². The third-order valence-electron chi connectivity index (χ3n) is 4.83. The van der Waals surface area contributed by atoms with Crippen LogP contribution >= 0.6 is 11.8 Å². The van der Waals surface area contributed by atoms with Gasteiger partial charge in [0.05, 0.1) is 30.8 Å². The van der Waals surface area contributed by atoms with Crippen LogP contribution in [0.5, 0.6) is 0 Å². The Labute approximate surface area is 189 Å². The van der Waals surface area contributed by atoms with Crippen molar-refractivity contribution in [2.24, 2.45) is 0 Å². The number of ether oxygens (including phenoxy) is 2. The molecular weight excluding hydrogens is 454 g/mol. The topological polar surface area (TPSA) is 112 Å². The maximum Gasteiger partial charge on any atom is 0.337 e. The molecular formula is C21H21N3O6S2. The van der Waals surface area contributed by atoms with E-state index in [0.717, 1.165) is 5.56 Å². The number of sulfonamides is 1. The highest BCUT2D eigenvalue weighted by atomic mass is 32.2. The maximum absolute atomic E-state index is 12.9. The summed E-state index contributed by atoms with van der Waals surface area (Å²) in [6.45, 7) is 1.42. The summed E-state index contributed by atoms with van der Waals surface area (Å²) < 4.78 is 42.8. The van der Waals surface area contributed by atoms with Crippen molar-refractivity contribution in [1.29, 1.82) is 0 Å². The number of hydrogen-bond acceptors (Lipinski definition) is 9. The molecule has 0 bridgehead atoms. The molecule has 0 unspecified atom stereocenters. The minimum absolute atomic E-state index is 0.176. The molecule has 0 atom stereocenters. The first-order valence-electron chi connectivity index (χ1n) is 9.79. The van der Waals surface area contributed by atoms with Gasteiger partial charge in [0.1, 0.15) is 0 Å². The van der Waals surface area contributed by atoms with E-state index >= 15 is 0 Å². The van der Waals surface area contributed by atoms with Gasteiger partial charge in [0.25, 0.3) is 5.22 Å². The lowest BCUT2D eigenvalue weighted by molar-refractivity contribution is 0.0600. The van der Waals surface area contributed by atoms with E-state index in [0.29, 0.717) is 48.4 Å². The molecule has 4 rings (SSSR count). The van der Waals surface area contributed by atoms with Crippen LogP contribution in [0.3, 0.4) is 0 Å². The zero-order chi connectivity index (χ0) is 22.6. The number of hydrogen-bond donors (Lipinski definition) is 0. The van der Waals surface area contributed by atoms with Crippen LogP contribution in [-0.4, -0.2) is 62.3 Å². The first-order valence-corrected chi connectivity index (χ1v) is 12.2. The van der Waals surface area contributed by atoms with E-state index in [1.807, 2.05) is 12.1 Å². The second kappa shape index (κ2) is 9.82. The molecule has 1 aliphatic rings. The quantitative estimate of drug-likeness (QED) is 0.376. The highest BCUT2D eigenvalue weighted by molar-refractivity contribution is 7.98. The zero-order valence-electron chi connectivity index (χ0n) is 17.3. The van der Waals surface area contributed by atoms with Crippen LogP contribution in [0.25, 0.3) is 11.5 Å². The first kappa shape index (κ1) is 22.5. The summed E-state index contributed by atoms with van der Waals surface area (Å²) in [7, 11) is -2.28. The lowest BCUT2D eigenvalue weighted by Gasteiger charge is -2.26. The Bertz CT molecular complexity index is 1190. The Morgan fingerprint density at radius 2 is 1.88 bits per heavy atom. The van der Waals surface area contributed by atoms with E-state index < -0.39 is 10.0 Å². The fraction of sp³-hybridized carbons (Fsp3) is 0.286. The summed E-state index contributed by atoms with van der Waals surface area (Å²) in [4.78, 5) is 11.7. The van der Waals surface area contributed by atoms with Gasteiger partial charge in [-0.15, -0.1) is 10.2 Å². The van der Waals surface area contributed by atoms with E-state index in [2.05, 4.69) is 10.2 Å². The molecule has 1 aliphatic heterocycles. The average Bonchev–Trinajstić information content (AvgIpc) is 3.32. The Balaban J connectivity index is 1.44. The van der Waals surface area contributed by atoms with Crippen LogP contribution < -0.4 is 0 Å². The molecule has 0 amide bonds. The molecule has 2 heterocycles. The van der Waals surface area contributed by atoms with Crippen molar-refractivity contribution in [2.75, 3.05) is 33.4 Å². The summed E-state index contributed by atoms with van der Waals surface area (Å²) in [5.74, 6) is 0.422. The first-order chi connectivity index (χ1) is 15.5. The van der Waals surface area contributed by atoms with Crippen molar-refractivity contribution in [3.8, 4) is 11.5 Å². The molecule has 0 aliphatic carbocycles. The van der Waals surface area contributed by atoms with Crippen molar-refractivity contribution < 1.29 is 27.1 Å². The summed E-state index contributed by atoms with van der Waals surface area (Å²) >= 11 is 1.34. The Morgan fingerprint density at radius 1 is 1.12 bits per heavy atom. The van der Waals surface area contributed by atoms with Crippen molar-refractivity contribution in [1.82, 2.24) is 14.5 Å². The van der Waals surface area contributed by atoms with E-state index in [1.54, 1.807) is 30.3 Å². The molecule has 1 saturated heterocycles. The van der Waals surface area contributed by atoms with Crippen LogP contribution in [0, 0.1) is 0 Å². The van der Waals surface area contributed by atoms with E-state index in [9.17, 15) is 13.2 Å². The van der Waals surface area contributed by atoms with E-state index in [1.165, 1.54) is 29.2 Å². The van der Waals surface area contributed by atoms with Crippen molar-refractivity contribution in [3.63, 3.8) is 0 Å². The SMILES string of the molecule is COC(=O)c1ccc(CSc2nnc(-c3cccc(S(=O)(=O)N4CCOCC4)c3)o2)cc1. The summed E-state index contributed by atoms with van der Waals surface area (Å²) in [6, 6.07) is 13.5. The fourth-order valence-electron chi connectivity index (χ4n) is 3.11. The lowest BCUT2D eigenvalue weighted by atomic mass is 10.1. The van der Waals surface area contributed by atoms with Crippen molar-refractivity contribution in [2.45, 2.75) is 15.9 Å². The minimum Gasteiger partial charge on any atom is -0.465 e. The second-order valence-electron chi connectivity index (χ2n) is 6.89. The molecule has 3 aromatic rings. The van der Waals surface area contributed by atoms with Gasteiger partial charge in [0.2, 0.25) is 15.9 Å². The Hall–Kier alpha value is -2.73. The monoisotopic (exact) mass is 475 g/mol. The average molecular weight is 476 g/mol. The number of benzene rings is 2. The number of carbonyl (C=O) groups excluding carboxylic acids is 1. The zero-order valence-corrected chi connectivity index (χ0v) is 18.9. The number of morpholine rings is 1. The smallest absolute Gasteiger partial charge is 0.337 e. The second-order valence-corrected chi connectivity index (χ2v) is 9.76. The lowest BCUT2D eigenvalue weighted by Crippen LogP contribution is -2.40. The molecule has 9 nitrogen and oxygen atoms in total. The third kappa shape index (κ3) is 5.01. The normalized spacial score (nSPS) is 14.9. The molecule has 2 aromatic carbocycles. The number of thioether (sulfide) groups is 1. The highest BCUT2D eigenvalue weighted by Crippen LogP contribution is 2.28. The van der Waals surface area contributed by atoms with Crippen LogP contribution in [0.1, 0.15) is 15.9 Å². The molecule has 1 fully saturated rings. The molecule has 0 N–H and O–H groups in total. The maximum atomic E-state index is 12.9. The Kier molecular flexibility index (Phi) is 6.89. The molecule has 0 saturated carbocycles. The molecule has 168 valence electrons. The minimum atomic E-state index is -3.62. The number of aromatic nitrogens is 2. The molecule has 0 radical (unpaired) electrons. The van der Waals surface area contributed by atoms with Gasteiger partial charge in [-0.05, 0) is 35.9 Å². The van der Waals surface area contributed by atoms with Crippen LogP contribution in [0.4, 0.5) is 0 Å². The van der Waals surface area contributed by atoms with Gasteiger partial charge < -0.3 is 13.9 Å². The van der Waals surface area contributed by atoms with Gasteiger partial charge in [-0.25, -0.2) is 13.2 Å². The Morgan fingerprint density at radius 3 is 2.59 bits per heavy atom. The van der Waals surface area contributed by atoms with Crippen LogP contribution in [-0.2, 0) is 25.2 Å². The van der Waals surface area contributed by atoms with Gasteiger partial charge in [0, 0.05) is 24.4 Å². The molecule has 11 heteroatoms. The predicted octanol–water partition coefficient (Wildman–Crippen LogP) is 2.84. The number of carbonyl (C=O) groups is 1. The van der Waals surface area contributed by atoms with Gasteiger partial charge >= 0.3 is 5.97 Å².